The maximum absolute atomic E-state index is 13.3. The lowest BCUT2D eigenvalue weighted by molar-refractivity contribution is -0.147. The van der Waals surface area contributed by atoms with E-state index in [1.165, 1.54) is 0 Å². The van der Waals surface area contributed by atoms with Gasteiger partial charge in [-0.05, 0) is 80.4 Å². The van der Waals surface area contributed by atoms with Gasteiger partial charge in [-0.25, -0.2) is 0 Å². The zero-order valence-electron chi connectivity index (χ0n) is 15.9. The van der Waals surface area contributed by atoms with Crippen LogP contribution in [0.25, 0.3) is 0 Å². The van der Waals surface area contributed by atoms with E-state index < -0.39 is 0 Å². The van der Waals surface area contributed by atoms with Gasteiger partial charge in [0, 0.05) is 11.5 Å². The first-order chi connectivity index (χ1) is 13.0. The zero-order valence-corrected chi connectivity index (χ0v) is 15.9. The molecule has 0 aromatic heterocycles. The molecule has 3 unspecified atom stereocenters. The van der Waals surface area contributed by atoms with Crippen molar-refractivity contribution in [2.45, 2.75) is 56.4 Å². The molecule has 4 bridgehead atoms. The van der Waals surface area contributed by atoms with Crippen LogP contribution in [0, 0.1) is 23.2 Å². The van der Waals surface area contributed by atoms with E-state index in [2.05, 4.69) is 5.32 Å². The second-order valence-corrected chi connectivity index (χ2v) is 9.42. The molecule has 0 heterocycles. The maximum atomic E-state index is 13.3. The van der Waals surface area contributed by atoms with Crippen LogP contribution in [-0.4, -0.2) is 25.0 Å². The van der Waals surface area contributed by atoms with Crippen LogP contribution in [0.1, 0.15) is 50.5 Å². The molecule has 6 rings (SSSR count). The van der Waals surface area contributed by atoms with Gasteiger partial charge in [-0.1, -0.05) is 12.1 Å². The lowest BCUT2D eigenvalue weighted by atomic mass is 9.47. The number of nitrogens with two attached hydrogens (primary N) is 1. The summed E-state index contributed by atoms with van der Waals surface area (Å²) in [6.45, 7) is 0. The van der Waals surface area contributed by atoms with Crippen LogP contribution in [0.2, 0.25) is 0 Å². The van der Waals surface area contributed by atoms with Gasteiger partial charge in [0.05, 0.1) is 12.5 Å². The SMILES string of the molecule is COc1ccc(C2(C(=O)NC3[C@@H]4CC5C[C@H]3CC(C(N)=O)(C5)C4)CC2)cc1. The van der Waals surface area contributed by atoms with Crippen molar-refractivity contribution in [1.29, 1.82) is 0 Å². The molecule has 0 aliphatic heterocycles. The lowest BCUT2D eigenvalue weighted by Crippen LogP contribution is -2.62. The lowest BCUT2D eigenvalue weighted by Gasteiger charge is -2.59. The number of carbonyl (C=O) groups excluding carboxylic acids is 2. The Labute approximate surface area is 160 Å². The molecule has 5 aliphatic rings. The Balaban J connectivity index is 1.34. The van der Waals surface area contributed by atoms with E-state index in [1.54, 1.807) is 7.11 Å². The molecule has 0 saturated heterocycles. The van der Waals surface area contributed by atoms with Crippen LogP contribution in [0.15, 0.2) is 24.3 Å². The summed E-state index contributed by atoms with van der Waals surface area (Å²) in [4.78, 5) is 25.4. The summed E-state index contributed by atoms with van der Waals surface area (Å²) in [5.41, 5.74) is 6.19. The third-order valence-electron chi connectivity index (χ3n) is 7.92. The highest BCUT2D eigenvalue weighted by molar-refractivity contribution is 5.91. The average molecular weight is 368 g/mol. The molecule has 3 N–H and O–H groups in total. The van der Waals surface area contributed by atoms with Gasteiger partial charge in [0.15, 0.2) is 0 Å². The fourth-order valence-electron chi connectivity index (χ4n) is 6.53. The van der Waals surface area contributed by atoms with Crippen LogP contribution in [0.4, 0.5) is 0 Å². The number of benzene rings is 1. The first kappa shape index (κ1) is 17.1. The van der Waals surface area contributed by atoms with Gasteiger partial charge in [0.1, 0.15) is 5.75 Å². The number of methoxy groups -OCH3 is 1. The number of nitrogens with one attached hydrogen (secondary N) is 1. The van der Waals surface area contributed by atoms with E-state index >= 15 is 0 Å². The van der Waals surface area contributed by atoms with Gasteiger partial charge < -0.3 is 15.8 Å². The fourth-order valence-corrected chi connectivity index (χ4v) is 6.53. The summed E-state index contributed by atoms with van der Waals surface area (Å²) in [6.07, 6.45) is 6.75. The van der Waals surface area contributed by atoms with Crippen molar-refractivity contribution in [2.24, 2.45) is 28.9 Å². The zero-order chi connectivity index (χ0) is 18.8. The van der Waals surface area contributed by atoms with Crippen molar-refractivity contribution in [3.63, 3.8) is 0 Å². The van der Waals surface area contributed by atoms with Crippen LogP contribution in [0.3, 0.4) is 0 Å². The molecule has 5 aliphatic carbocycles. The third-order valence-corrected chi connectivity index (χ3v) is 7.92. The highest BCUT2D eigenvalue weighted by atomic mass is 16.5. The van der Waals surface area contributed by atoms with E-state index in [4.69, 9.17) is 10.5 Å². The Hall–Kier alpha value is -2.04. The minimum absolute atomic E-state index is 0.122. The minimum atomic E-state index is -0.373. The van der Waals surface area contributed by atoms with Crippen molar-refractivity contribution in [3.05, 3.63) is 29.8 Å². The minimum Gasteiger partial charge on any atom is -0.497 e. The quantitative estimate of drug-likeness (QED) is 0.838. The highest BCUT2D eigenvalue weighted by Crippen LogP contribution is 2.60. The maximum Gasteiger partial charge on any atom is 0.230 e. The number of hydrogen-bond acceptors (Lipinski definition) is 3. The number of rotatable bonds is 5. The summed E-state index contributed by atoms with van der Waals surface area (Å²) < 4.78 is 5.24. The molecule has 5 heteroatoms. The van der Waals surface area contributed by atoms with E-state index in [0.29, 0.717) is 17.8 Å². The van der Waals surface area contributed by atoms with Crippen LogP contribution < -0.4 is 15.8 Å². The second-order valence-electron chi connectivity index (χ2n) is 9.42. The molecule has 5 saturated carbocycles. The van der Waals surface area contributed by atoms with Gasteiger partial charge in [0.25, 0.3) is 0 Å². The number of carbonyl (C=O) groups is 2. The van der Waals surface area contributed by atoms with Crippen LogP contribution in [-0.2, 0) is 15.0 Å². The van der Waals surface area contributed by atoms with E-state index in [-0.39, 0.29) is 28.7 Å². The van der Waals surface area contributed by atoms with Crippen molar-refractivity contribution in [1.82, 2.24) is 5.32 Å². The largest absolute Gasteiger partial charge is 0.497 e. The Bertz CT molecular complexity index is 767. The predicted octanol–water partition coefficient (Wildman–Crippen LogP) is 2.52. The fraction of sp³-hybridized carbons (Fsp3) is 0.636. The highest BCUT2D eigenvalue weighted by Gasteiger charge is 2.59. The van der Waals surface area contributed by atoms with Crippen molar-refractivity contribution >= 4 is 11.8 Å². The second kappa shape index (κ2) is 5.73. The predicted molar refractivity (Wildman–Crippen MR) is 101 cm³/mol. The summed E-state index contributed by atoms with van der Waals surface area (Å²) in [5.74, 6) is 2.27. The molecule has 0 spiro atoms. The van der Waals surface area contributed by atoms with Crippen LogP contribution >= 0.6 is 0 Å². The topological polar surface area (TPSA) is 81.4 Å². The standard InChI is InChI=1S/C22H28N2O3/c1-27-17-4-2-16(3-5-17)22(6-7-22)20(26)24-18-14-8-13-9-15(18)12-21(10-13,11-14)19(23)25/h2-5,13-15,18H,6-12H2,1H3,(H2,23,25)(H,24,26)/t13?,14-,15+,18?,21?. The van der Waals surface area contributed by atoms with Gasteiger partial charge in [-0.3, -0.25) is 9.59 Å². The summed E-state index contributed by atoms with van der Waals surface area (Å²) in [6, 6.07) is 8.11. The molecule has 1 aromatic rings. The number of amides is 2. The Kier molecular flexibility index (Phi) is 3.62. The average Bonchev–Trinajstić information content (AvgIpc) is 3.46. The molecule has 5 fully saturated rings. The number of primary amides is 1. The number of ether oxygens (including phenoxy) is 1. The van der Waals surface area contributed by atoms with Gasteiger partial charge in [-0.15, -0.1) is 0 Å². The summed E-state index contributed by atoms with van der Waals surface area (Å²) in [7, 11) is 1.65. The Morgan fingerprint density at radius 2 is 1.70 bits per heavy atom. The normalized spacial score (nSPS) is 37.7. The molecule has 2 amide bonds. The number of hydrogen-bond donors (Lipinski definition) is 2. The molecular weight excluding hydrogens is 340 g/mol. The van der Waals surface area contributed by atoms with Gasteiger partial charge in [-0.2, -0.15) is 0 Å². The summed E-state index contributed by atoms with van der Waals surface area (Å²) in [5, 5.41) is 3.43. The van der Waals surface area contributed by atoms with Gasteiger partial charge >= 0.3 is 0 Å². The van der Waals surface area contributed by atoms with Crippen molar-refractivity contribution < 1.29 is 14.3 Å². The van der Waals surface area contributed by atoms with E-state index in [9.17, 15) is 9.59 Å². The smallest absolute Gasteiger partial charge is 0.230 e. The molecule has 5 nitrogen and oxygen atoms in total. The Morgan fingerprint density at radius 3 is 2.22 bits per heavy atom. The molecule has 5 atom stereocenters. The molecule has 27 heavy (non-hydrogen) atoms. The van der Waals surface area contributed by atoms with E-state index in [1.807, 2.05) is 24.3 Å². The molecule has 0 radical (unpaired) electrons. The molecule has 144 valence electrons. The molecular formula is C22H28N2O3. The third kappa shape index (κ3) is 2.50. The van der Waals surface area contributed by atoms with Crippen LogP contribution in [0.5, 0.6) is 5.75 Å². The van der Waals surface area contributed by atoms with Gasteiger partial charge in [0.2, 0.25) is 11.8 Å². The summed E-state index contributed by atoms with van der Waals surface area (Å²) >= 11 is 0. The first-order valence-electron chi connectivity index (χ1n) is 10.2. The Morgan fingerprint density at radius 1 is 1.07 bits per heavy atom. The first-order valence-corrected chi connectivity index (χ1v) is 10.2. The van der Waals surface area contributed by atoms with Crippen molar-refractivity contribution in [2.75, 3.05) is 7.11 Å². The van der Waals surface area contributed by atoms with Crippen molar-refractivity contribution in [3.8, 4) is 5.75 Å². The van der Waals surface area contributed by atoms with E-state index in [0.717, 1.165) is 56.3 Å². The molecule has 1 aromatic carbocycles. The monoisotopic (exact) mass is 368 g/mol.